The van der Waals surface area contributed by atoms with Gasteiger partial charge in [-0.25, -0.2) is 4.98 Å². The van der Waals surface area contributed by atoms with Gasteiger partial charge in [0.05, 0.1) is 7.11 Å². The first-order valence-electron chi connectivity index (χ1n) is 5.65. The zero-order valence-corrected chi connectivity index (χ0v) is 11.4. The van der Waals surface area contributed by atoms with E-state index in [0.717, 1.165) is 11.4 Å². The molecule has 0 spiro atoms. The standard InChI is InChI=1S/C14H13ClN2O2/c1-17(11-3-5-12(19-2)6-4-11)14(18)10-7-8-16-13(15)9-10/h3-9H,1-2H3. The lowest BCUT2D eigenvalue weighted by molar-refractivity contribution is 0.0993. The third kappa shape index (κ3) is 3.03. The first-order chi connectivity index (χ1) is 9.11. The van der Waals surface area contributed by atoms with Crippen LogP contribution in [-0.2, 0) is 0 Å². The zero-order chi connectivity index (χ0) is 13.8. The fourth-order valence-electron chi connectivity index (χ4n) is 1.65. The molecule has 1 heterocycles. The minimum Gasteiger partial charge on any atom is -0.497 e. The second-order valence-electron chi connectivity index (χ2n) is 3.93. The van der Waals surface area contributed by atoms with Gasteiger partial charge in [-0.3, -0.25) is 4.79 Å². The molecule has 4 nitrogen and oxygen atoms in total. The third-order valence-electron chi connectivity index (χ3n) is 2.74. The molecule has 1 amide bonds. The summed E-state index contributed by atoms with van der Waals surface area (Å²) in [6, 6.07) is 10.4. The molecule has 0 unspecified atom stereocenters. The number of ether oxygens (including phenoxy) is 1. The number of hydrogen-bond donors (Lipinski definition) is 0. The van der Waals surface area contributed by atoms with Crippen molar-refractivity contribution >= 4 is 23.2 Å². The number of hydrogen-bond acceptors (Lipinski definition) is 3. The number of benzene rings is 1. The SMILES string of the molecule is COc1ccc(N(C)C(=O)c2ccnc(Cl)c2)cc1. The Morgan fingerprint density at radius 2 is 1.95 bits per heavy atom. The minimum absolute atomic E-state index is 0.144. The molecular formula is C14H13ClN2O2. The van der Waals surface area contributed by atoms with E-state index in [0.29, 0.717) is 10.7 Å². The Kier molecular flexibility index (Phi) is 4.02. The lowest BCUT2D eigenvalue weighted by Crippen LogP contribution is -2.26. The number of amides is 1. The van der Waals surface area contributed by atoms with Gasteiger partial charge >= 0.3 is 0 Å². The number of anilines is 1. The van der Waals surface area contributed by atoms with Crippen molar-refractivity contribution in [1.82, 2.24) is 4.98 Å². The van der Waals surface area contributed by atoms with Crippen LogP contribution in [0.2, 0.25) is 5.15 Å². The fourth-order valence-corrected chi connectivity index (χ4v) is 1.83. The first kappa shape index (κ1) is 13.4. The number of aromatic nitrogens is 1. The van der Waals surface area contributed by atoms with Crippen molar-refractivity contribution in [3.8, 4) is 5.75 Å². The summed E-state index contributed by atoms with van der Waals surface area (Å²) in [6.45, 7) is 0. The number of carbonyl (C=O) groups is 1. The molecule has 1 aromatic heterocycles. The van der Waals surface area contributed by atoms with Crippen molar-refractivity contribution in [3.63, 3.8) is 0 Å². The highest BCUT2D eigenvalue weighted by atomic mass is 35.5. The molecule has 2 aromatic rings. The van der Waals surface area contributed by atoms with Crippen molar-refractivity contribution < 1.29 is 9.53 Å². The molecule has 0 N–H and O–H groups in total. The number of carbonyl (C=O) groups excluding carboxylic acids is 1. The topological polar surface area (TPSA) is 42.4 Å². The lowest BCUT2D eigenvalue weighted by atomic mass is 10.2. The minimum atomic E-state index is -0.144. The van der Waals surface area contributed by atoms with Crippen LogP contribution in [0.15, 0.2) is 42.6 Å². The summed E-state index contributed by atoms with van der Waals surface area (Å²) in [5, 5.41) is 0.300. The van der Waals surface area contributed by atoms with Crippen LogP contribution in [0, 0.1) is 0 Å². The molecule has 19 heavy (non-hydrogen) atoms. The lowest BCUT2D eigenvalue weighted by Gasteiger charge is -2.17. The van der Waals surface area contributed by atoms with Crippen molar-refractivity contribution in [1.29, 1.82) is 0 Å². The highest BCUT2D eigenvalue weighted by Gasteiger charge is 2.13. The van der Waals surface area contributed by atoms with Gasteiger partial charge in [0.25, 0.3) is 5.91 Å². The average Bonchev–Trinajstić information content (AvgIpc) is 2.46. The molecule has 0 fully saturated rings. The van der Waals surface area contributed by atoms with E-state index in [1.165, 1.54) is 6.20 Å². The fraction of sp³-hybridized carbons (Fsp3) is 0.143. The number of halogens is 1. The normalized spacial score (nSPS) is 10.1. The van der Waals surface area contributed by atoms with Crippen molar-refractivity contribution in [2.75, 3.05) is 19.1 Å². The summed E-state index contributed by atoms with van der Waals surface area (Å²) in [5.74, 6) is 0.603. The molecule has 0 atom stereocenters. The third-order valence-corrected chi connectivity index (χ3v) is 2.94. The summed E-state index contributed by atoms with van der Waals surface area (Å²) in [7, 11) is 3.31. The largest absolute Gasteiger partial charge is 0.497 e. The smallest absolute Gasteiger partial charge is 0.258 e. The second kappa shape index (κ2) is 5.71. The maximum absolute atomic E-state index is 12.3. The van der Waals surface area contributed by atoms with Crippen LogP contribution in [0.5, 0.6) is 5.75 Å². The summed E-state index contributed by atoms with van der Waals surface area (Å²) in [6.07, 6.45) is 1.51. The van der Waals surface area contributed by atoms with E-state index in [1.54, 1.807) is 43.3 Å². The number of pyridine rings is 1. The Morgan fingerprint density at radius 1 is 1.26 bits per heavy atom. The monoisotopic (exact) mass is 276 g/mol. The van der Waals surface area contributed by atoms with Gasteiger partial charge in [0.1, 0.15) is 10.9 Å². The van der Waals surface area contributed by atoms with Crippen LogP contribution in [0.25, 0.3) is 0 Å². The number of methoxy groups -OCH3 is 1. The molecule has 0 saturated carbocycles. The summed E-state index contributed by atoms with van der Waals surface area (Å²) in [5.41, 5.74) is 1.28. The molecule has 2 rings (SSSR count). The van der Waals surface area contributed by atoms with E-state index in [2.05, 4.69) is 4.98 Å². The predicted molar refractivity (Wildman–Crippen MR) is 75.0 cm³/mol. The van der Waals surface area contributed by atoms with Crippen molar-refractivity contribution in [2.45, 2.75) is 0 Å². The Bertz CT molecular complexity index is 584. The maximum Gasteiger partial charge on any atom is 0.258 e. The Hall–Kier alpha value is -2.07. The van der Waals surface area contributed by atoms with Crippen LogP contribution < -0.4 is 9.64 Å². The first-order valence-corrected chi connectivity index (χ1v) is 6.03. The molecule has 0 aliphatic heterocycles. The van der Waals surface area contributed by atoms with E-state index in [1.807, 2.05) is 12.1 Å². The molecule has 0 aliphatic rings. The molecule has 0 bridgehead atoms. The van der Waals surface area contributed by atoms with E-state index in [4.69, 9.17) is 16.3 Å². The average molecular weight is 277 g/mol. The van der Waals surface area contributed by atoms with Gasteiger partial charge in [-0.2, -0.15) is 0 Å². The van der Waals surface area contributed by atoms with Crippen LogP contribution in [0.4, 0.5) is 5.69 Å². The number of nitrogens with zero attached hydrogens (tertiary/aromatic N) is 2. The van der Waals surface area contributed by atoms with Gasteiger partial charge in [-0.05, 0) is 36.4 Å². The van der Waals surface area contributed by atoms with E-state index in [-0.39, 0.29) is 5.91 Å². The molecule has 98 valence electrons. The molecule has 0 aliphatic carbocycles. The van der Waals surface area contributed by atoms with Gasteiger partial charge in [-0.1, -0.05) is 11.6 Å². The molecule has 0 radical (unpaired) electrons. The van der Waals surface area contributed by atoms with Gasteiger partial charge in [-0.15, -0.1) is 0 Å². The van der Waals surface area contributed by atoms with Gasteiger partial charge < -0.3 is 9.64 Å². The zero-order valence-electron chi connectivity index (χ0n) is 10.6. The van der Waals surface area contributed by atoms with Gasteiger partial charge in [0, 0.05) is 24.5 Å². The predicted octanol–water partition coefficient (Wildman–Crippen LogP) is 3.02. The van der Waals surface area contributed by atoms with Crippen LogP contribution in [0.1, 0.15) is 10.4 Å². The Morgan fingerprint density at radius 3 is 2.53 bits per heavy atom. The molecule has 0 saturated heterocycles. The van der Waals surface area contributed by atoms with Gasteiger partial charge in [0.15, 0.2) is 0 Å². The van der Waals surface area contributed by atoms with Crippen molar-refractivity contribution in [3.05, 3.63) is 53.3 Å². The van der Waals surface area contributed by atoms with E-state index >= 15 is 0 Å². The van der Waals surface area contributed by atoms with Crippen LogP contribution >= 0.6 is 11.6 Å². The van der Waals surface area contributed by atoms with Crippen LogP contribution in [0.3, 0.4) is 0 Å². The summed E-state index contributed by atoms with van der Waals surface area (Å²) in [4.78, 5) is 17.7. The van der Waals surface area contributed by atoms with Crippen molar-refractivity contribution in [2.24, 2.45) is 0 Å². The quantitative estimate of drug-likeness (QED) is 0.809. The van der Waals surface area contributed by atoms with E-state index in [9.17, 15) is 4.79 Å². The highest BCUT2D eigenvalue weighted by Crippen LogP contribution is 2.20. The molecule has 1 aromatic carbocycles. The van der Waals surface area contributed by atoms with Gasteiger partial charge in [0.2, 0.25) is 0 Å². The Balaban J connectivity index is 2.23. The van der Waals surface area contributed by atoms with Crippen LogP contribution in [-0.4, -0.2) is 25.0 Å². The maximum atomic E-state index is 12.3. The summed E-state index contributed by atoms with van der Waals surface area (Å²) < 4.78 is 5.08. The molecular weight excluding hydrogens is 264 g/mol. The summed E-state index contributed by atoms with van der Waals surface area (Å²) >= 11 is 5.78. The second-order valence-corrected chi connectivity index (χ2v) is 4.32. The molecule has 5 heteroatoms. The van der Waals surface area contributed by atoms with E-state index < -0.39 is 0 Å². The Labute approximate surface area is 116 Å². The number of rotatable bonds is 3. The highest BCUT2D eigenvalue weighted by molar-refractivity contribution is 6.29.